The highest BCUT2D eigenvalue weighted by molar-refractivity contribution is 7.90. The lowest BCUT2D eigenvalue weighted by Gasteiger charge is -2.19. The van der Waals surface area contributed by atoms with Gasteiger partial charge < -0.3 is 5.32 Å². The Morgan fingerprint density at radius 1 is 1.20 bits per heavy atom. The third-order valence-electron chi connectivity index (χ3n) is 2.85. The third kappa shape index (κ3) is 5.13. The Bertz CT molecular complexity index is 538. The fraction of sp³-hybridized carbons (Fsp3) is 0.538. The van der Waals surface area contributed by atoms with E-state index in [4.69, 9.17) is 0 Å². The molecule has 1 unspecified atom stereocenters. The van der Waals surface area contributed by atoms with Gasteiger partial charge in [-0.25, -0.2) is 21.6 Å². The van der Waals surface area contributed by atoms with Gasteiger partial charge in [0, 0.05) is 35.7 Å². The summed E-state index contributed by atoms with van der Waals surface area (Å²) in [4.78, 5) is 0. The number of rotatable bonds is 7. The third-order valence-corrected chi connectivity index (χ3v) is 3.88. The first-order valence-corrected chi connectivity index (χ1v) is 8.36. The molecule has 0 fully saturated rings. The largest absolute Gasteiger partial charge is 0.310 e. The van der Waals surface area contributed by atoms with E-state index in [0.29, 0.717) is 18.7 Å². The van der Waals surface area contributed by atoms with Crippen LogP contribution in [0.4, 0.5) is 13.2 Å². The summed E-state index contributed by atoms with van der Waals surface area (Å²) in [5, 5.41) is 2.89. The van der Waals surface area contributed by atoms with Gasteiger partial charge >= 0.3 is 0 Å². The van der Waals surface area contributed by atoms with Crippen molar-refractivity contribution in [2.45, 2.75) is 25.8 Å². The average molecular weight is 309 g/mol. The van der Waals surface area contributed by atoms with Crippen LogP contribution in [0.25, 0.3) is 0 Å². The van der Waals surface area contributed by atoms with E-state index in [9.17, 15) is 21.6 Å². The van der Waals surface area contributed by atoms with E-state index in [1.54, 1.807) is 6.92 Å². The maximum Gasteiger partial charge on any atom is 0.147 e. The number of benzene rings is 1. The molecule has 1 atom stereocenters. The Kier molecular flexibility index (Phi) is 6.01. The topological polar surface area (TPSA) is 46.2 Å². The van der Waals surface area contributed by atoms with Gasteiger partial charge in [-0.2, -0.15) is 0 Å². The Morgan fingerprint density at radius 2 is 1.75 bits per heavy atom. The van der Waals surface area contributed by atoms with Gasteiger partial charge in [0.25, 0.3) is 0 Å². The van der Waals surface area contributed by atoms with Crippen molar-refractivity contribution in [1.29, 1.82) is 0 Å². The van der Waals surface area contributed by atoms with Crippen molar-refractivity contribution in [3.63, 3.8) is 0 Å². The number of nitrogens with one attached hydrogen (secondary N) is 1. The highest BCUT2D eigenvalue weighted by Gasteiger charge is 2.21. The molecular weight excluding hydrogens is 291 g/mol. The van der Waals surface area contributed by atoms with E-state index < -0.39 is 33.3 Å². The molecule has 114 valence electrons. The van der Waals surface area contributed by atoms with Gasteiger partial charge in [-0.3, -0.25) is 0 Å². The molecule has 0 aromatic heterocycles. The highest BCUT2D eigenvalue weighted by Crippen LogP contribution is 2.25. The van der Waals surface area contributed by atoms with Gasteiger partial charge in [0.2, 0.25) is 0 Å². The summed E-state index contributed by atoms with van der Waals surface area (Å²) in [5.41, 5.74) is -0.248. The van der Waals surface area contributed by atoms with Gasteiger partial charge in [-0.1, -0.05) is 6.92 Å². The minimum Gasteiger partial charge on any atom is -0.310 e. The Hall–Kier alpha value is -1.08. The molecule has 3 nitrogen and oxygen atoms in total. The van der Waals surface area contributed by atoms with Crippen LogP contribution in [0.5, 0.6) is 0 Å². The van der Waals surface area contributed by atoms with Crippen molar-refractivity contribution in [1.82, 2.24) is 5.32 Å². The number of sulfone groups is 1. The fourth-order valence-corrected chi connectivity index (χ4v) is 2.72. The Morgan fingerprint density at radius 3 is 2.20 bits per heavy atom. The number of halogens is 3. The molecule has 0 heterocycles. The zero-order valence-corrected chi connectivity index (χ0v) is 12.2. The number of hydrogen-bond acceptors (Lipinski definition) is 3. The van der Waals surface area contributed by atoms with Crippen LogP contribution in [-0.2, 0) is 9.84 Å². The summed E-state index contributed by atoms with van der Waals surface area (Å²) in [6.45, 7) is 2.22. The quantitative estimate of drug-likeness (QED) is 0.842. The normalized spacial score (nSPS) is 13.4. The summed E-state index contributed by atoms with van der Waals surface area (Å²) in [6, 6.07) is 0.570. The highest BCUT2D eigenvalue weighted by atomic mass is 32.2. The van der Waals surface area contributed by atoms with Crippen LogP contribution in [-0.4, -0.2) is 27.0 Å². The van der Waals surface area contributed by atoms with E-state index in [1.807, 2.05) is 0 Å². The van der Waals surface area contributed by atoms with Gasteiger partial charge in [0.15, 0.2) is 0 Å². The van der Waals surface area contributed by atoms with Crippen molar-refractivity contribution in [3.8, 4) is 0 Å². The molecule has 1 N–H and O–H groups in total. The first-order chi connectivity index (χ1) is 9.24. The lowest BCUT2D eigenvalue weighted by molar-refractivity contribution is 0.443. The standard InChI is InChI=1S/C13H18F3NO2S/c1-3-17-12(5-4-6-20(2,18)19)13-10(15)7-9(14)8-11(13)16/h7-8,12,17H,3-6H2,1-2H3. The summed E-state index contributed by atoms with van der Waals surface area (Å²) >= 11 is 0. The SMILES string of the molecule is CCNC(CCCS(C)(=O)=O)c1c(F)cc(F)cc1F. The molecule has 7 heteroatoms. The predicted octanol–water partition coefficient (Wildman–Crippen LogP) is 2.58. The first-order valence-electron chi connectivity index (χ1n) is 6.30. The Balaban J connectivity index is 2.91. The molecule has 0 amide bonds. The van der Waals surface area contributed by atoms with Crippen molar-refractivity contribution >= 4 is 9.84 Å². The van der Waals surface area contributed by atoms with Crippen molar-refractivity contribution < 1.29 is 21.6 Å². The van der Waals surface area contributed by atoms with Gasteiger partial charge in [0.05, 0.1) is 0 Å². The van der Waals surface area contributed by atoms with Crippen LogP contribution in [0.15, 0.2) is 12.1 Å². The number of hydrogen-bond donors (Lipinski definition) is 1. The molecule has 0 aliphatic rings. The molecule has 0 aliphatic carbocycles. The van der Waals surface area contributed by atoms with Crippen LogP contribution in [0.2, 0.25) is 0 Å². The lowest BCUT2D eigenvalue weighted by atomic mass is 10.0. The molecule has 1 aromatic rings. The fourth-order valence-electron chi connectivity index (χ4n) is 2.03. The van der Waals surface area contributed by atoms with Crippen LogP contribution in [0, 0.1) is 17.5 Å². The minimum atomic E-state index is -3.12. The second-order valence-corrected chi connectivity index (χ2v) is 6.93. The zero-order chi connectivity index (χ0) is 15.3. The van der Waals surface area contributed by atoms with Gasteiger partial charge in [-0.05, 0) is 19.4 Å². The summed E-state index contributed by atoms with van der Waals surface area (Å²) in [7, 11) is -3.12. The first kappa shape index (κ1) is 17.0. The maximum atomic E-state index is 13.7. The molecular formula is C13H18F3NO2S. The minimum absolute atomic E-state index is 0.0562. The molecule has 0 bridgehead atoms. The smallest absolute Gasteiger partial charge is 0.147 e. The second kappa shape index (κ2) is 7.08. The maximum absolute atomic E-state index is 13.7. The summed E-state index contributed by atoms with van der Waals surface area (Å²) in [5.74, 6) is -2.96. The molecule has 1 aromatic carbocycles. The summed E-state index contributed by atoms with van der Waals surface area (Å²) < 4.78 is 62.4. The average Bonchev–Trinajstić information content (AvgIpc) is 2.25. The molecule has 1 rings (SSSR count). The van der Waals surface area contributed by atoms with E-state index >= 15 is 0 Å². The molecule has 0 radical (unpaired) electrons. The lowest BCUT2D eigenvalue weighted by Crippen LogP contribution is -2.24. The summed E-state index contributed by atoms with van der Waals surface area (Å²) in [6.07, 6.45) is 1.63. The van der Waals surface area contributed by atoms with E-state index in [1.165, 1.54) is 0 Å². The molecule has 20 heavy (non-hydrogen) atoms. The zero-order valence-electron chi connectivity index (χ0n) is 11.4. The molecule has 0 spiro atoms. The van der Waals surface area contributed by atoms with E-state index in [-0.39, 0.29) is 24.2 Å². The monoisotopic (exact) mass is 309 g/mol. The molecule has 0 aliphatic heterocycles. The van der Waals surface area contributed by atoms with Crippen LogP contribution < -0.4 is 5.32 Å². The predicted molar refractivity (Wildman–Crippen MR) is 71.7 cm³/mol. The Labute approximate surface area is 117 Å². The second-order valence-electron chi connectivity index (χ2n) is 4.67. The molecule has 0 saturated carbocycles. The van der Waals surface area contributed by atoms with Crippen molar-refractivity contribution in [2.24, 2.45) is 0 Å². The van der Waals surface area contributed by atoms with Crippen molar-refractivity contribution in [3.05, 3.63) is 35.1 Å². The van der Waals surface area contributed by atoms with Gasteiger partial charge in [0.1, 0.15) is 27.3 Å². The van der Waals surface area contributed by atoms with Crippen LogP contribution >= 0.6 is 0 Å². The van der Waals surface area contributed by atoms with Gasteiger partial charge in [-0.15, -0.1) is 0 Å². The van der Waals surface area contributed by atoms with E-state index in [2.05, 4.69) is 5.32 Å². The van der Waals surface area contributed by atoms with Crippen LogP contribution in [0.3, 0.4) is 0 Å². The van der Waals surface area contributed by atoms with E-state index in [0.717, 1.165) is 6.26 Å². The molecule has 0 saturated heterocycles. The van der Waals surface area contributed by atoms with Crippen molar-refractivity contribution in [2.75, 3.05) is 18.6 Å². The van der Waals surface area contributed by atoms with Crippen LogP contribution in [0.1, 0.15) is 31.4 Å².